The quantitative estimate of drug-likeness (QED) is 0.870. The first-order chi connectivity index (χ1) is 11.6. The molecule has 1 aromatic carbocycles. The maximum Gasteiger partial charge on any atom is 0.315 e. The number of hydrogen-bond donors (Lipinski definition) is 2. The number of carbonyl (C=O) groups excluding carboxylic acids is 1. The molecule has 0 unspecified atom stereocenters. The Balaban J connectivity index is 1.52. The van der Waals surface area contributed by atoms with Gasteiger partial charge in [-0.1, -0.05) is 44.2 Å². The lowest BCUT2D eigenvalue weighted by Crippen LogP contribution is -2.43. The lowest BCUT2D eigenvalue weighted by molar-refractivity contribution is 0.0999. The van der Waals surface area contributed by atoms with E-state index in [-0.39, 0.29) is 18.2 Å². The average Bonchev–Trinajstić information content (AvgIpc) is 3.23. The second kappa shape index (κ2) is 7.77. The van der Waals surface area contributed by atoms with Crippen molar-refractivity contribution in [3.8, 4) is 0 Å². The Morgan fingerprint density at radius 1 is 1.38 bits per heavy atom. The standard InChI is InChI=1S/C18H23N3O2S/c1-12(2)17-20-14(11-24-17)10-19-18(22)21-15-8-9-23-16(15)13-6-4-3-5-7-13/h3-7,11-12,15-16H,8-10H2,1-2H3,(H2,19,21,22)/t15-,16+/m0/s1. The van der Waals surface area contributed by atoms with Crippen LogP contribution >= 0.6 is 11.3 Å². The van der Waals surface area contributed by atoms with Crippen molar-refractivity contribution in [2.75, 3.05) is 6.61 Å². The largest absolute Gasteiger partial charge is 0.371 e. The van der Waals surface area contributed by atoms with E-state index in [0.717, 1.165) is 22.7 Å². The molecule has 1 saturated heterocycles. The predicted molar refractivity (Wildman–Crippen MR) is 95.1 cm³/mol. The summed E-state index contributed by atoms with van der Waals surface area (Å²) in [5.74, 6) is 0.417. The second-order valence-electron chi connectivity index (χ2n) is 6.26. The molecule has 3 rings (SSSR count). The molecule has 2 atom stereocenters. The molecule has 2 N–H and O–H groups in total. The van der Waals surface area contributed by atoms with E-state index in [9.17, 15) is 4.79 Å². The molecule has 6 heteroatoms. The van der Waals surface area contributed by atoms with Gasteiger partial charge in [0.05, 0.1) is 23.3 Å². The fraction of sp³-hybridized carbons (Fsp3) is 0.444. The van der Waals surface area contributed by atoms with Crippen molar-refractivity contribution in [1.82, 2.24) is 15.6 Å². The minimum absolute atomic E-state index is 0.00550. The smallest absolute Gasteiger partial charge is 0.315 e. The Hall–Kier alpha value is -1.92. The number of benzene rings is 1. The molecule has 128 valence electrons. The monoisotopic (exact) mass is 345 g/mol. The van der Waals surface area contributed by atoms with Crippen LogP contribution in [0.2, 0.25) is 0 Å². The molecule has 1 fully saturated rings. The van der Waals surface area contributed by atoms with E-state index in [1.165, 1.54) is 0 Å². The van der Waals surface area contributed by atoms with Gasteiger partial charge in [0.15, 0.2) is 0 Å². The van der Waals surface area contributed by atoms with Gasteiger partial charge in [-0.2, -0.15) is 0 Å². The normalized spacial score (nSPS) is 20.3. The van der Waals surface area contributed by atoms with Crippen LogP contribution < -0.4 is 10.6 Å². The number of nitrogens with zero attached hydrogens (tertiary/aromatic N) is 1. The van der Waals surface area contributed by atoms with Crippen molar-refractivity contribution in [3.63, 3.8) is 0 Å². The predicted octanol–water partition coefficient (Wildman–Crippen LogP) is 3.60. The molecule has 2 amide bonds. The average molecular weight is 345 g/mol. The lowest BCUT2D eigenvalue weighted by Gasteiger charge is -2.20. The molecule has 1 aromatic heterocycles. The lowest BCUT2D eigenvalue weighted by atomic mass is 10.0. The van der Waals surface area contributed by atoms with Crippen molar-refractivity contribution >= 4 is 17.4 Å². The van der Waals surface area contributed by atoms with Crippen LogP contribution in [0, 0.1) is 0 Å². The minimum atomic E-state index is -0.175. The van der Waals surface area contributed by atoms with Crippen LogP contribution in [0.15, 0.2) is 35.7 Å². The zero-order chi connectivity index (χ0) is 16.9. The summed E-state index contributed by atoms with van der Waals surface area (Å²) < 4.78 is 5.79. The highest BCUT2D eigenvalue weighted by molar-refractivity contribution is 7.09. The van der Waals surface area contributed by atoms with Crippen LogP contribution in [0.4, 0.5) is 4.79 Å². The van der Waals surface area contributed by atoms with Gasteiger partial charge in [-0.3, -0.25) is 0 Å². The molecule has 24 heavy (non-hydrogen) atoms. The number of ether oxygens (including phenoxy) is 1. The third kappa shape index (κ3) is 4.13. The van der Waals surface area contributed by atoms with Crippen molar-refractivity contribution < 1.29 is 9.53 Å². The maximum absolute atomic E-state index is 12.2. The Morgan fingerprint density at radius 2 is 2.17 bits per heavy atom. The second-order valence-corrected chi connectivity index (χ2v) is 7.15. The molecule has 5 nitrogen and oxygen atoms in total. The Bertz CT molecular complexity index is 672. The molecule has 2 heterocycles. The molecule has 0 saturated carbocycles. The highest BCUT2D eigenvalue weighted by Gasteiger charge is 2.30. The first-order valence-electron chi connectivity index (χ1n) is 8.28. The maximum atomic E-state index is 12.2. The zero-order valence-corrected chi connectivity index (χ0v) is 14.8. The molecule has 0 radical (unpaired) electrons. The highest BCUT2D eigenvalue weighted by Crippen LogP contribution is 2.28. The van der Waals surface area contributed by atoms with E-state index in [2.05, 4.69) is 29.5 Å². The van der Waals surface area contributed by atoms with Crippen LogP contribution in [0.5, 0.6) is 0 Å². The summed E-state index contributed by atoms with van der Waals surface area (Å²) in [5, 5.41) is 9.02. The summed E-state index contributed by atoms with van der Waals surface area (Å²) in [6.07, 6.45) is 0.741. The molecule has 1 aliphatic heterocycles. The van der Waals surface area contributed by atoms with Crippen molar-refractivity contribution in [3.05, 3.63) is 52.0 Å². The van der Waals surface area contributed by atoms with Crippen LogP contribution in [0.25, 0.3) is 0 Å². The van der Waals surface area contributed by atoms with Gasteiger partial charge in [0.1, 0.15) is 6.10 Å². The third-order valence-electron chi connectivity index (χ3n) is 4.03. The van der Waals surface area contributed by atoms with E-state index in [1.54, 1.807) is 11.3 Å². The van der Waals surface area contributed by atoms with E-state index < -0.39 is 0 Å². The highest BCUT2D eigenvalue weighted by atomic mass is 32.1. The fourth-order valence-corrected chi connectivity index (χ4v) is 3.60. The molecular formula is C18H23N3O2S. The van der Waals surface area contributed by atoms with Crippen molar-refractivity contribution in [1.29, 1.82) is 0 Å². The van der Waals surface area contributed by atoms with Crippen LogP contribution in [-0.4, -0.2) is 23.7 Å². The summed E-state index contributed by atoms with van der Waals surface area (Å²) >= 11 is 1.64. The summed E-state index contributed by atoms with van der Waals surface area (Å²) in [4.78, 5) is 16.7. The molecule has 1 aliphatic rings. The Morgan fingerprint density at radius 3 is 2.88 bits per heavy atom. The summed E-state index contributed by atoms with van der Waals surface area (Å²) in [6, 6.07) is 9.84. The minimum Gasteiger partial charge on any atom is -0.371 e. The zero-order valence-electron chi connectivity index (χ0n) is 14.0. The van der Waals surface area contributed by atoms with Gasteiger partial charge in [-0.05, 0) is 12.0 Å². The van der Waals surface area contributed by atoms with Crippen LogP contribution in [-0.2, 0) is 11.3 Å². The van der Waals surface area contributed by atoms with Gasteiger partial charge < -0.3 is 15.4 Å². The number of rotatable bonds is 5. The number of amides is 2. The molecule has 0 bridgehead atoms. The summed E-state index contributed by atoms with van der Waals surface area (Å²) in [6.45, 7) is 5.34. The molecule has 0 aliphatic carbocycles. The number of carbonyl (C=O) groups is 1. The molecular weight excluding hydrogens is 322 g/mol. The topological polar surface area (TPSA) is 63.2 Å². The first-order valence-corrected chi connectivity index (χ1v) is 9.16. The molecule has 0 spiro atoms. The van der Waals surface area contributed by atoms with E-state index in [0.29, 0.717) is 19.1 Å². The van der Waals surface area contributed by atoms with Gasteiger partial charge in [0, 0.05) is 17.9 Å². The fourth-order valence-electron chi connectivity index (χ4n) is 2.77. The Kier molecular flexibility index (Phi) is 5.48. The van der Waals surface area contributed by atoms with Gasteiger partial charge >= 0.3 is 6.03 Å². The number of urea groups is 1. The summed E-state index contributed by atoms with van der Waals surface area (Å²) in [5.41, 5.74) is 2.00. The van der Waals surface area contributed by atoms with Gasteiger partial charge in [0.2, 0.25) is 0 Å². The van der Waals surface area contributed by atoms with Crippen molar-refractivity contribution in [2.24, 2.45) is 0 Å². The Labute approximate surface area is 146 Å². The van der Waals surface area contributed by atoms with Gasteiger partial charge in [0.25, 0.3) is 0 Å². The van der Waals surface area contributed by atoms with E-state index in [1.807, 2.05) is 35.7 Å². The first kappa shape index (κ1) is 16.9. The van der Waals surface area contributed by atoms with Gasteiger partial charge in [-0.15, -0.1) is 11.3 Å². The van der Waals surface area contributed by atoms with Gasteiger partial charge in [-0.25, -0.2) is 9.78 Å². The summed E-state index contributed by atoms with van der Waals surface area (Å²) in [7, 11) is 0. The number of thiazole rings is 1. The van der Waals surface area contributed by atoms with Crippen LogP contribution in [0.1, 0.15) is 48.6 Å². The van der Waals surface area contributed by atoms with Crippen molar-refractivity contribution in [2.45, 2.75) is 44.9 Å². The number of aromatic nitrogens is 1. The number of nitrogens with one attached hydrogen (secondary N) is 2. The number of hydrogen-bond acceptors (Lipinski definition) is 4. The molecule has 2 aromatic rings. The third-order valence-corrected chi connectivity index (χ3v) is 5.22. The SMILES string of the molecule is CC(C)c1nc(CNC(=O)N[C@H]2CCO[C@@H]2c2ccccc2)cs1. The van der Waals surface area contributed by atoms with E-state index >= 15 is 0 Å². The van der Waals surface area contributed by atoms with E-state index in [4.69, 9.17) is 4.74 Å². The van der Waals surface area contributed by atoms with Crippen LogP contribution in [0.3, 0.4) is 0 Å².